The third-order valence-corrected chi connectivity index (χ3v) is 5.25. The van der Waals surface area contributed by atoms with Crippen molar-refractivity contribution in [1.29, 1.82) is 0 Å². The first-order valence-corrected chi connectivity index (χ1v) is 6.98. The first-order valence-electron chi connectivity index (χ1n) is 5.05. The molecule has 0 unspecified atom stereocenters. The Morgan fingerprint density at radius 2 is 2.00 bits per heavy atom. The van der Waals surface area contributed by atoms with Gasteiger partial charge in [-0.25, -0.2) is 22.0 Å². The Morgan fingerprint density at radius 3 is 2.35 bits per heavy atom. The summed E-state index contributed by atoms with van der Waals surface area (Å²) >= 11 is 5.27. The second kappa shape index (κ2) is 4.03. The van der Waals surface area contributed by atoms with Crippen molar-refractivity contribution < 1.29 is 22.0 Å². The van der Waals surface area contributed by atoms with E-state index in [1.165, 1.54) is 0 Å². The molecular formula is C8H11ClF2N2O3S. The summed E-state index contributed by atoms with van der Waals surface area (Å²) in [5.74, 6) is -2.24. The SMILES string of the molecule is O=C(NS(=O)(=O)C1CC1)[C@@]1(NCl)C[C@H]1C(F)F. The normalized spacial score (nSPS) is 32.6. The monoisotopic (exact) mass is 288 g/mol. The van der Waals surface area contributed by atoms with E-state index < -0.39 is 39.1 Å². The van der Waals surface area contributed by atoms with Gasteiger partial charge in [0.25, 0.3) is 5.91 Å². The fraction of sp³-hybridized carbons (Fsp3) is 0.875. The van der Waals surface area contributed by atoms with E-state index in [9.17, 15) is 22.0 Å². The molecule has 0 aromatic rings. The lowest BCUT2D eigenvalue weighted by atomic mass is 10.2. The summed E-state index contributed by atoms with van der Waals surface area (Å²) in [6.45, 7) is 0. The van der Waals surface area contributed by atoms with Gasteiger partial charge in [0.2, 0.25) is 16.4 Å². The molecule has 2 aliphatic carbocycles. The molecule has 0 aromatic heterocycles. The lowest BCUT2D eigenvalue weighted by Crippen LogP contribution is -2.48. The molecule has 0 bridgehead atoms. The minimum atomic E-state index is -3.73. The fourth-order valence-electron chi connectivity index (χ4n) is 1.69. The highest BCUT2D eigenvalue weighted by Crippen LogP contribution is 2.48. The number of hydrogen-bond donors (Lipinski definition) is 2. The van der Waals surface area contributed by atoms with Gasteiger partial charge in [-0.3, -0.25) is 9.52 Å². The Bertz CT molecular complexity index is 440. The number of alkyl halides is 2. The van der Waals surface area contributed by atoms with Crippen molar-refractivity contribution in [2.45, 2.75) is 36.5 Å². The van der Waals surface area contributed by atoms with Crippen molar-refractivity contribution in [1.82, 2.24) is 9.56 Å². The van der Waals surface area contributed by atoms with Crippen LogP contribution in [0.25, 0.3) is 0 Å². The Hall–Kier alpha value is -0.470. The number of halogens is 3. The minimum Gasteiger partial charge on any atom is -0.272 e. The van der Waals surface area contributed by atoms with Gasteiger partial charge in [-0.15, -0.1) is 0 Å². The zero-order valence-electron chi connectivity index (χ0n) is 8.62. The molecule has 0 heterocycles. The van der Waals surface area contributed by atoms with Crippen LogP contribution in [0, 0.1) is 5.92 Å². The lowest BCUT2D eigenvalue weighted by molar-refractivity contribution is -0.122. The van der Waals surface area contributed by atoms with Gasteiger partial charge in [0.15, 0.2) is 0 Å². The Kier molecular flexibility index (Phi) is 3.07. The van der Waals surface area contributed by atoms with E-state index in [0.29, 0.717) is 12.8 Å². The molecule has 0 aromatic carbocycles. The van der Waals surface area contributed by atoms with E-state index >= 15 is 0 Å². The van der Waals surface area contributed by atoms with E-state index in [0.717, 1.165) is 0 Å². The molecule has 98 valence electrons. The highest BCUT2D eigenvalue weighted by atomic mass is 35.5. The van der Waals surface area contributed by atoms with Gasteiger partial charge in [0.05, 0.1) is 11.2 Å². The third kappa shape index (κ3) is 2.25. The summed E-state index contributed by atoms with van der Waals surface area (Å²) in [7, 11) is -3.73. The molecule has 2 rings (SSSR count). The van der Waals surface area contributed by atoms with Crippen LogP contribution in [-0.4, -0.2) is 31.5 Å². The molecule has 2 saturated carbocycles. The highest BCUT2D eigenvalue weighted by molar-refractivity contribution is 7.90. The zero-order chi connectivity index (χ0) is 12.8. The van der Waals surface area contributed by atoms with Crippen molar-refractivity contribution >= 4 is 27.7 Å². The topological polar surface area (TPSA) is 75.3 Å². The molecule has 17 heavy (non-hydrogen) atoms. The standard InChI is InChI=1S/C8H11ClF2N2O3S/c9-13-8(3-5(8)6(10)11)7(14)12-17(15,16)4-1-2-4/h4-6,13H,1-3H2,(H,12,14)/t5-,8+/m0/s1. The van der Waals surface area contributed by atoms with Gasteiger partial charge in [0, 0.05) is 0 Å². The van der Waals surface area contributed by atoms with Crippen LogP contribution in [0.4, 0.5) is 8.78 Å². The maximum atomic E-state index is 12.4. The van der Waals surface area contributed by atoms with E-state index in [4.69, 9.17) is 11.8 Å². The Morgan fingerprint density at radius 1 is 1.41 bits per heavy atom. The second-order valence-electron chi connectivity index (χ2n) is 4.39. The summed E-state index contributed by atoms with van der Waals surface area (Å²) in [4.78, 5) is 13.6. The maximum Gasteiger partial charge on any atom is 0.255 e. The van der Waals surface area contributed by atoms with Gasteiger partial charge in [-0.05, 0) is 31.0 Å². The predicted molar refractivity (Wildman–Crippen MR) is 55.9 cm³/mol. The molecule has 0 spiro atoms. The fourth-order valence-corrected chi connectivity index (χ4v) is 3.35. The minimum absolute atomic E-state index is 0.166. The number of nitrogens with one attached hydrogen (secondary N) is 2. The molecule has 2 N–H and O–H groups in total. The molecule has 0 saturated heterocycles. The average molecular weight is 289 g/mol. The van der Waals surface area contributed by atoms with Gasteiger partial charge in [-0.2, -0.15) is 0 Å². The first-order chi connectivity index (χ1) is 7.83. The van der Waals surface area contributed by atoms with Gasteiger partial charge in [0.1, 0.15) is 5.54 Å². The first kappa shape index (κ1) is 13.0. The van der Waals surface area contributed by atoms with Crippen LogP contribution in [0.2, 0.25) is 0 Å². The number of hydrogen-bond acceptors (Lipinski definition) is 4. The molecule has 9 heteroatoms. The second-order valence-corrected chi connectivity index (χ2v) is 6.54. The Labute approximate surface area is 102 Å². The smallest absolute Gasteiger partial charge is 0.255 e. The number of rotatable bonds is 5. The van der Waals surface area contributed by atoms with E-state index in [1.54, 1.807) is 0 Å². The van der Waals surface area contributed by atoms with Gasteiger partial charge < -0.3 is 0 Å². The van der Waals surface area contributed by atoms with Crippen molar-refractivity contribution in [3.63, 3.8) is 0 Å². The molecule has 2 aliphatic rings. The van der Waals surface area contributed by atoms with E-state index in [-0.39, 0.29) is 6.42 Å². The van der Waals surface area contributed by atoms with Gasteiger partial charge >= 0.3 is 0 Å². The van der Waals surface area contributed by atoms with Crippen LogP contribution < -0.4 is 9.56 Å². The summed E-state index contributed by atoms with van der Waals surface area (Å²) < 4.78 is 49.6. The van der Waals surface area contributed by atoms with E-state index in [2.05, 4.69) is 0 Å². The summed E-state index contributed by atoms with van der Waals surface area (Å²) in [6, 6.07) is 0. The largest absolute Gasteiger partial charge is 0.272 e. The van der Waals surface area contributed by atoms with Gasteiger partial charge in [-0.1, -0.05) is 0 Å². The maximum absolute atomic E-state index is 12.4. The summed E-state index contributed by atoms with van der Waals surface area (Å²) in [5.41, 5.74) is -1.66. The molecule has 0 radical (unpaired) electrons. The summed E-state index contributed by atoms with van der Waals surface area (Å²) in [6.07, 6.45) is -1.90. The van der Waals surface area contributed by atoms with Crippen LogP contribution in [0.1, 0.15) is 19.3 Å². The molecule has 0 aliphatic heterocycles. The molecule has 1 amide bonds. The third-order valence-electron chi connectivity index (χ3n) is 3.09. The van der Waals surface area contributed by atoms with Crippen LogP contribution in [0.15, 0.2) is 0 Å². The van der Waals surface area contributed by atoms with Crippen molar-refractivity contribution in [2.24, 2.45) is 5.92 Å². The van der Waals surface area contributed by atoms with Crippen molar-refractivity contribution in [3.8, 4) is 0 Å². The predicted octanol–water partition coefficient (Wildman–Crippen LogP) is 0.362. The Balaban J connectivity index is 2.05. The lowest BCUT2D eigenvalue weighted by Gasteiger charge is -2.14. The number of carbonyl (C=O) groups is 1. The number of amides is 1. The summed E-state index contributed by atoms with van der Waals surface area (Å²) in [5, 5.41) is -0.581. The highest BCUT2D eigenvalue weighted by Gasteiger charge is 2.65. The van der Waals surface area contributed by atoms with Crippen molar-refractivity contribution in [3.05, 3.63) is 0 Å². The molecular weight excluding hydrogens is 278 g/mol. The van der Waals surface area contributed by atoms with E-state index in [1.807, 2.05) is 9.56 Å². The quantitative estimate of drug-likeness (QED) is 0.717. The molecule has 5 nitrogen and oxygen atoms in total. The number of sulfonamides is 1. The van der Waals surface area contributed by atoms with Crippen LogP contribution in [-0.2, 0) is 14.8 Å². The van der Waals surface area contributed by atoms with Crippen molar-refractivity contribution in [2.75, 3.05) is 0 Å². The van der Waals surface area contributed by atoms with Crippen LogP contribution >= 0.6 is 11.8 Å². The average Bonchev–Trinajstić information content (AvgIpc) is 3.10. The number of carbonyl (C=O) groups excluding carboxylic acids is 1. The van der Waals surface area contributed by atoms with Crippen LogP contribution in [0.5, 0.6) is 0 Å². The zero-order valence-corrected chi connectivity index (χ0v) is 10.2. The molecule has 2 atom stereocenters. The van der Waals surface area contributed by atoms with Crippen LogP contribution in [0.3, 0.4) is 0 Å². The molecule has 2 fully saturated rings.